The number of hydrogen-bond donors (Lipinski definition) is 0. The summed E-state index contributed by atoms with van der Waals surface area (Å²) < 4.78 is 4.63. The SMILES string of the molecule is CCC(CO[C]=O)CC(C)(C)C. The Balaban J connectivity index is 3.74. The van der Waals surface area contributed by atoms with Crippen LogP contribution in [0, 0.1) is 11.3 Å². The van der Waals surface area contributed by atoms with E-state index in [0.29, 0.717) is 17.9 Å². The van der Waals surface area contributed by atoms with E-state index in [4.69, 9.17) is 0 Å². The van der Waals surface area contributed by atoms with Crippen LogP contribution in [-0.4, -0.2) is 13.1 Å². The summed E-state index contributed by atoms with van der Waals surface area (Å²) >= 11 is 0. The fourth-order valence-corrected chi connectivity index (χ4v) is 1.34. The van der Waals surface area contributed by atoms with Gasteiger partial charge in [0.05, 0.1) is 6.61 Å². The van der Waals surface area contributed by atoms with Crippen molar-refractivity contribution in [2.75, 3.05) is 6.61 Å². The molecule has 0 aromatic carbocycles. The van der Waals surface area contributed by atoms with E-state index in [-0.39, 0.29) is 0 Å². The van der Waals surface area contributed by atoms with Gasteiger partial charge in [0, 0.05) is 0 Å². The van der Waals surface area contributed by atoms with Crippen molar-refractivity contribution in [2.24, 2.45) is 11.3 Å². The molecule has 0 aliphatic carbocycles. The lowest BCUT2D eigenvalue weighted by Gasteiger charge is -2.24. The average Bonchev–Trinajstić information content (AvgIpc) is 1.95. The third-order valence-electron chi connectivity index (χ3n) is 1.86. The standard InChI is InChI=1S/C10H19O2/c1-5-9(7-12-8-11)6-10(2,3)4/h9H,5-7H2,1-4H3. The van der Waals surface area contributed by atoms with Crippen LogP contribution in [0.5, 0.6) is 0 Å². The molecule has 2 nitrogen and oxygen atoms in total. The highest BCUT2D eigenvalue weighted by atomic mass is 16.5. The Morgan fingerprint density at radius 3 is 2.33 bits per heavy atom. The number of ether oxygens (including phenoxy) is 1. The van der Waals surface area contributed by atoms with E-state index in [1.54, 1.807) is 0 Å². The van der Waals surface area contributed by atoms with Crippen LogP contribution >= 0.6 is 0 Å². The summed E-state index contributed by atoms with van der Waals surface area (Å²) in [5.41, 5.74) is 0.312. The van der Waals surface area contributed by atoms with Gasteiger partial charge in [-0.05, 0) is 17.8 Å². The molecule has 0 bridgehead atoms. The molecule has 0 aliphatic heterocycles. The van der Waals surface area contributed by atoms with Crippen LogP contribution in [-0.2, 0) is 9.53 Å². The Morgan fingerprint density at radius 2 is 2.00 bits per heavy atom. The second kappa shape index (κ2) is 5.18. The summed E-state index contributed by atoms with van der Waals surface area (Å²) in [6.07, 6.45) is 2.14. The van der Waals surface area contributed by atoms with Gasteiger partial charge in [-0.1, -0.05) is 34.1 Å². The summed E-state index contributed by atoms with van der Waals surface area (Å²) in [5, 5.41) is 0. The van der Waals surface area contributed by atoms with Gasteiger partial charge in [0.1, 0.15) is 0 Å². The Morgan fingerprint density at radius 1 is 1.42 bits per heavy atom. The zero-order valence-electron chi connectivity index (χ0n) is 8.52. The highest BCUT2D eigenvalue weighted by molar-refractivity contribution is 5.38. The molecule has 2 heteroatoms. The molecule has 0 aliphatic rings. The highest BCUT2D eigenvalue weighted by Gasteiger charge is 2.17. The van der Waals surface area contributed by atoms with Gasteiger partial charge in [0.2, 0.25) is 0 Å². The molecule has 71 valence electrons. The summed E-state index contributed by atoms with van der Waals surface area (Å²) in [5.74, 6) is 0.478. The average molecular weight is 171 g/mol. The third kappa shape index (κ3) is 6.20. The first-order chi connectivity index (χ1) is 5.49. The van der Waals surface area contributed by atoms with Crippen molar-refractivity contribution < 1.29 is 9.53 Å². The van der Waals surface area contributed by atoms with E-state index in [9.17, 15) is 4.79 Å². The molecule has 0 heterocycles. The van der Waals surface area contributed by atoms with Crippen LogP contribution in [0.25, 0.3) is 0 Å². The van der Waals surface area contributed by atoms with Gasteiger partial charge in [-0.2, -0.15) is 0 Å². The van der Waals surface area contributed by atoms with Crippen molar-refractivity contribution in [1.29, 1.82) is 0 Å². The second-order valence-electron chi connectivity index (χ2n) is 4.43. The van der Waals surface area contributed by atoms with Crippen LogP contribution in [0.1, 0.15) is 40.5 Å². The fourth-order valence-electron chi connectivity index (χ4n) is 1.34. The lowest BCUT2D eigenvalue weighted by molar-refractivity contribution is 0.176. The highest BCUT2D eigenvalue weighted by Crippen LogP contribution is 2.26. The summed E-state index contributed by atoms with van der Waals surface area (Å²) in [6, 6.07) is 0. The van der Waals surface area contributed by atoms with Crippen LogP contribution in [0.15, 0.2) is 0 Å². The lowest BCUT2D eigenvalue weighted by Crippen LogP contribution is -2.17. The monoisotopic (exact) mass is 171 g/mol. The molecule has 12 heavy (non-hydrogen) atoms. The smallest absolute Gasteiger partial charge is 0.417 e. The van der Waals surface area contributed by atoms with E-state index in [1.165, 1.54) is 6.47 Å². The van der Waals surface area contributed by atoms with Crippen LogP contribution in [0.2, 0.25) is 0 Å². The van der Waals surface area contributed by atoms with E-state index in [0.717, 1.165) is 12.8 Å². The fraction of sp³-hybridized carbons (Fsp3) is 0.900. The van der Waals surface area contributed by atoms with Crippen LogP contribution in [0.3, 0.4) is 0 Å². The predicted octanol–water partition coefficient (Wildman–Crippen LogP) is 2.53. The van der Waals surface area contributed by atoms with Crippen molar-refractivity contribution in [3.8, 4) is 0 Å². The number of hydrogen-bond acceptors (Lipinski definition) is 2. The van der Waals surface area contributed by atoms with Gasteiger partial charge in [-0.3, -0.25) is 0 Å². The summed E-state index contributed by atoms with van der Waals surface area (Å²) in [6.45, 7) is 10.7. The molecule has 0 aromatic rings. The van der Waals surface area contributed by atoms with Crippen molar-refractivity contribution in [2.45, 2.75) is 40.5 Å². The quantitative estimate of drug-likeness (QED) is 0.635. The Kier molecular flexibility index (Phi) is 4.95. The molecule has 1 atom stereocenters. The number of rotatable bonds is 5. The molecule has 0 N–H and O–H groups in total. The van der Waals surface area contributed by atoms with Gasteiger partial charge in [-0.25, -0.2) is 4.79 Å². The topological polar surface area (TPSA) is 26.3 Å². The van der Waals surface area contributed by atoms with E-state index >= 15 is 0 Å². The van der Waals surface area contributed by atoms with Crippen molar-refractivity contribution in [1.82, 2.24) is 0 Å². The maximum Gasteiger partial charge on any atom is 0.417 e. The molecule has 0 spiro atoms. The maximum absolute atomic E-state index is 9.84. The lowest BCUT2D eigenvalue weighted by atomic mass is 9.84. The molecule has 0 amide bonds. The second-order valence-corrected chi connectivity index (χ2v) is 4.43. The molecule has 0 fully saturated rings. The zero-order chi connectivity index (χ0) is 9.61. The van der Waals surface area contributed by atoms with Crippen molar-refractivity contribution in [3.05, 3.63) is 0 Å². The van der Waals surface area contributed by atoms with E-state index < -0.39 is 0 Å². The molecule has 0 aromatic heterocycles. The molecular formula is C10H19O2. The maximum atomic E-state index is 9.84. The third-order valence-corrected chi connectivity index (χ3v) is 1.86. The summed E-state index contributed by atoms with van der Waals surface area (Å²) in [7, 11) is 0. The molecule has 0 rings (SSSR count). The molecule has 0 saturated heterocycles. The van der Waals surface area contributed by atoms with Gasteiger partial charge < -0.3 is 4.74 Å². The Labute approximate surface area is 75.3 Å². The van der Waals surface area contributed by atoms with Crippen LogP contribution in [0.4, 0.5) is 0 Å². The van der Waals surface area contributed by atoms with Gasteiger partial charge in [0.15, 0.2) is 0 Å². The van der Waals surface area contributed by atoms with E-state index in [1.807, 2.05) is 0 Å². The normalized spacial score (nSPS) is 14.0. The summed E-state index contributed by atoms with van der Waals surface area (Å²) in [4.78, 5) is 9.84. The molecule has 0 saturated carbocycles. The Hall–Kier alpha value is -0.530. The number of carbonyl (C=O) groups excluding carboxylic acids is 1. The molecule has 1 unspecified atom stereocenters. The largest absolute Gasteiger partial charge is 0.457 e. The first-order valence-electron chi connectivity index (χ1n) is 4.48. The van der Waals surface area contributed by atoms with Gasteiger partial charge in [0.25, 0.3) is 0 Å². The minimum absolute atomic E-state index is 0.312. The van der Waals surface area contributed by atoms with Crippen molar-refractivity contribution >= 4 is 6.47 Å². The minimum Gasteiger partial charge on any atom is -0.457 e. The first kappa shape index (κ1) is 11.5. The van der Waals surface area contributed by atoms with Gasteiger partial charge >= 0.3 is 6.47 Å². The first-order valence-corrected chi connectivity index (χ1v) is 4.48. The van der Waals surface area contributed by atoms with Crippen LogP contribution < -0.4 is 0 Å². The molecular weight excluding hydrogens is 152 g/mol. The predicted molar refractivity (Wildman–Crippen MR) is 49.5 cm³/mol. The van der Waals surface area contributed by atoms with Crippen molar-refractivity contribution in [3.63, 3.8) is 0 Å². The Bertz CT molecular complexity index is 124. The minimum atomic E-state index is 0.312. The van der Waals surface area contributed by atoms with Gasteiger partial charge in [-0.15, -0.1) is 0 Å². The zero-order valence-corrected chi connectivity index (χ0v) is 8.52. The molecule has 1 radical (unpaired) electrons. The van der Waals surface area contributed by atoms with E-state index in [2.05, 4.69) is 32.4 Å².